The van der Waals surface area contributed by atoms with E-state index in [1.165, 1.54) is 5.57 Å². The van der Waals surface area contributed by atoms with Crippen LogP contribution >= 0.6 is 0 Å². The van der Waals surface area contributed by atoms with Gasteiger partial charge < -0.3 is 0 Å². The minimum atomic E-state index is 0.574. The Bertz CT molecular complexity index is 108. The Kier molecular flexibility index (Phi) is 8.75. The first-order valence-electron chi connectivity index (χ1n) is 2.73. The van der Waals surface area contributed by atoms with Crippen molar-refractivity contribution in [2.45, 2.75) is 20.8 Å². The van der Waals surface area contributed by atoms with Crippen LogP contribution in [-0.2, 0) is 4.79 Å². The lowest BCUT2D eigenvalue weighted by atomic mass is 10.4. The second kappa shape index (κ2) is 7.15. The van der Waals surface area contributed by atoms with E-state index in [2.05, 4.69) is 13.2 Å². The third-order valence-electron chi connectivity index (χ3n) is 0.201. The molecule has 0 bridgehead atoms. The maximum absolute atomic E-state index is 9.41. The van der Waals surface area contributed by atoms with Gasteiger partial charge in [0.2, 0.25) is 0 Å². The van der Waals surface area contributed by atoms with Gasteiger partial charge in [0, 0.05) is 0 Å². The molecule has 0 unspecified atom stereocenters. The van der Waals surface area contributed by atoms with E-state index in [-0.39, 0.29) is 0 Å². The van der Waals surface area contributed by atoms with E-state index in [0.717, 1.165) is 6.29 Å². The Morgan fingerprint density at radius 2 is 1.33 bits per heavy atom. The Labute approximate surface area is 57.1 Å². The van der Waals surface area contributed by atoms with Crippen LogP contribution in [0.15, 0.2) is 24.3 Å². The molecule has 1 nitrogen and oxygen atoms in total. The van der Waals surface area contributed by atoms with Gasteiger partial charge in [-0.1, -0.05) is 12.2 Å². The highest BCUT2D eigenvalue weighted by molar-refractivity contribution is 5.70. The first-order valence-corrected chi connectivity index (χ1v) is 2.73. The van der Waals surface area contributed by atoms with Crippen molar-refractivity contribution in [1.29, 1.82) is 0 Å². The Morgan fingerprint density at radius 1 is 1.22 bits per heavy atom. The number of aldehydes is 1. The summed E-state index contributed by atoms with van der Waals surface area (Å²) in [6.07, 6.45) is 0.722. The predicted molar refractivity (Wildman–Crippen MR) is 41.4 cm³/mol. The van der Waals surface area contributed by atoms with E-state index < -0.39 is 0 Å². The van der Waals surface area contributed by atoms with Crippen molar-refractivity contribution in [2.75, 3.05) is 0 Å². The third-order valence-corrected chi connectivity index (χ3v) is 0.201. The highest BCUT2D eigenvalue weighted by atomic mass is 16.1. The van der Waals surface area contributed by atoms with E-state index >= 15 is 0 Å². The van der Waals surface area contributed by atoms with Crippen molar-refractivity contribution in [2.24, 2.45) is 0 Å². The molecule has 0 fully saturated rings. The fraction of sp³-hybridized carbons (Fsp3) is 0.375. The maximum atomic E-state index is 9.41. The van der Waals surface area contributed by atoms with Gasteiger partial charge in [-0.05, 0) is 26.3 Å². The summed E-state index contributed by atoms with van der Waals surface area (Å²) >= 11 is 0. The lowest BCUT2D eigenvalue weighted by molar-refractivity contribution is -0.104. The molecule has 0 radical (unpaired) electrons. The molecule has 1 heteroatoms. The summed E-state index contributed by atoms with van der Waals surface area (Å²) in [5, 5.41) is 0. The van der Waals surface area contributed by atoms with Crippen molar-refractivity contribution in [3.63, 3.8) is 0 Å². The van der Waals surface area contributed by atoms with Gasteiger partial charge in [0.15, 0.2) is 0 Å². The fourth-order valence-corrected chi connectivity index (χ4v) is 0. The van der Waals surface area contributed by atoms with Gasteiger partial charge in [0.25, 0.3) is 0 Å². The Hall–Kier alpha value is -0.850. The van der Waals surface area contributed by atoms with Crippen LogP contribution in [0.3, 0.4) is 0 Å². The molecule has 0 aromatic heterocycles. The third kappa shape index (κ3) is 143. The molecule has 0 heterocycles. The zero-order valence-corrected chi connectivity index (χ0v) is 6.40. The average Bonchev–Trinajstić information content (AvgIpc) is 1.65. The molecule has 52 valence electrons. The van der Waals surface area contributed by atoms with Crippen LogP contribution in [0, 0.1) is 0 Å². The van der Waals surface area contributed by atoms with E-state index in [1.807, 2.05) is 13.8 Å². The van der Waals surface area contributed by atoms with Crippen LogP contribution in [0.4, 0.5) is 0 Å². The molecule has 0 aromatic carbocycles. The van der Waals surface area contributed by atoms with Gasteiger partial charge in [0.05, 0.1) is 0 Å². The van der Waals surface area contributed by atoms with Crippen LogP contribution in [0.1, 0.15) is 20.8 Å². The highest BCUT2D eigenvalue weighted by Crippen LogP contribution is 1.73. The maximum Gasteiger partial charge on any atom is 0.145 e. The largest absolute Gasteiger partial charge is 0.298 e. The predicted octanol–water partition coefficient (Wildman–Crippen LogP) is 2.34. The summed E-state index contributed by atoms with van der Waals surface area (Å²) in [4.78, 5) is 9.41. The molecule has 0 rings (SSSR count). The average molecular weight is 126 g/mol. The molecular weight excluding hydrogens is 112 g/mol. The normalized spacial score (nSPS) is 6.56. The lowest BCUT2D eigenvalue weighted by Gasteiger charge is -1.65. The molecular formula is C8H14O. The molecule has 9 heavy (non-hydrogen) atoms. The molecule has 0 aliphatic rings. The molecule has 0 atom stereocenters. The summed E-state index contributed by atoms with van der Waals surface area (Å²) in [5.41, 5.74) is 1.74. The molecule has 0 saturated heterocycles. The number of hydrogen-bond donors (Lipinski definition) is 0. The smallest absolute Gasteiger partial charge is 0.145 e. The number of carbonyl (C=O) groups excluding carboxylic acids is 1. The van der Waals surface area contributed by atoms with Crippen LogP contribution in [-0.4, -0.2) is 6.29 Å². The number of carbonyl (C=O) groups is 1. The first kappa shape index (κ1) is 11.0. The van der Waals surface area contributed by atoms with E-state index in [4.69, 9.17) is 0 Å². The minimum absolute atomic E-state index is 0.574. The van der Waals surface area contributed by atoms with Crippen LogP contribution in [0.5, 0.6) is 0 Å². The topological polar surface area (TPSA) is 17.1 Å². The number of allylic oxidation sites excluding steroid dienone is 2. The number of rotatable bonds is 1. The molecule has 0 spiro atoms. The van der Waals surface area contributed by atoms with Gasteiger partial charge in [-0.3, -0.25) is 4.79 Å². The minimum Gasteiger partial charge on any atom is -0.298 e. The van der Waals surface area contributed by atoms with Crippen molar-refractivity contribution < 1.29 is 4.79 Å². The highest BCUT2D eigenvalue weighted by Gasteiger charge is 1.66. The van der Waals surface area contributed by atoms with Gasteiger partial charge in [0.1, 0.15) is 6.29 Å². The van der Waals surface area contributed by atoms with Gasteiger partial charge in [-0.15, -0.1) is 6.58 Å². The van der Waals surface area contributed by atoms with Crippen molar-refractivity contribution >= 4 is 6.29 Å². The van der Waals surface area contributed by atoms with Crippen LogP contribution in [0.25, 0.3) is 0 Å². The zero-order valence-electron chi connectivity index (χ0n) is 6.40. The molecule has 0 aliphatic heterocycles. The van der Waals surface area contributed by atoms with Crippen molar-refractivity contribution in [3.8, 4) is 0 Å². The van der Waals surface area contributed by atoms with Crippen LogP contribution < -0.4 is 0 Å². The molecule has 0 amide bonds. The summed E-state index contributed by atoms with van der Waals surface area (Å²) < 4.78 is 0. The van der Waals surface area contributed by atoms with Crippen molar-refractivity contribution in [1.82, 2.24) is 0 Å². The molecule has 0 N–H and O–H groups in total. The second-order valence-corrected chi connectivity index (χ2v) is 2.17. The second-order valence-electron chi connectivity index (χ2n) is 2.17. The first-order chi connectivity index (χ1) is 4.00. The molecule has 0 saturated carbocycles. The van der Waals surface area contributed by atoms with E-state index in [0.29, 0.717) is 5.57 Å². The zero-order chi connectivity index (χ0) is 7.86. The van der Waals surface area contributed by atoms with Gasteiger partial charge >= 0.3 is 0 Å². The van der Waals surface area contributed by atoms with Crippen LogP contribution in [0.2, 0.25) is 0 Å². The molecule has 0 aromatic rings. The fourth-order valence-electron chi connectivity index (χ4n) is 0. The van der Waals surface area contributed by atoms with Crippen molar-refractivity contribution in [3.05, 3.63) is 24.3 Å². The standard InChI is InChI=1S/C4H6O.C4H8/c1-4(2)3-5;1-4(2)3/h3H,1H2,2H3;1H2,2-3H3. The lowest BCUT2D eigenvalue weighted by Crippen LogP contribution is -1.65. The molecule has 0 aliphatic carbocycles. The van der Waals surface area contributed by atoms with E-state index in [1.54, 1.807) is 6.92 Å². The summed E-state index contributed by atoms with van der Waals surface area (Å²) in [6, 6.07) is 0. The van der Waals surface area contributed by atoms with Gasteiger partial charge in [-0.2, -0.15) is 0 Å². The quantitative estimate of drug-likeness (QED) is 0.299. The Balaban J connectivity index is 0. The summed E-state index contributed by atoms with van der Waals surface area (Å²) in [7, 11) is 0. The summed E-state index contributed by atoms with van der Waals surface area (Å²) in [5.74, 6) is 0. The summed E-state index contributed by atoms with van der Waals surface area (Å²) in [6.45, 7) is 12.5. The SMILES string of the molecule is C=C(C)C.C=C(C)C=O. The van der Waals surface area contributed by atoms with Gasteiger partial charge in [-0.25, -0.2) is 0 Å². The number of hydrogen-bond acceptors (Lipinski definition) is 1. The Morgan fingerprint density at radius 3 is 1.33 bits per heavy atom. The monoisotopic (exact) mass is 126 g/mol. The van der Waals surface area contributed by atoms with E-state index in [9.17, 15) is 4.79 Å².